The van der Waals surface area contributed by atoms with Crippen molar-refractivity contribution in [1.82, 2.24) is 25.9 Å². The molecule has 19 heavy (non-hydrogen) atoms. The summed E-state index contributed by atoms with van der Waals surface area (Å²) in [5.74, 6) is 0.323. The van der Waals surface area contributed by atoms with E-state index in [9.17, 15) is 4.79 Å². The minimum absolute atomic E-state index is 0.0758. The van der Waals surface area contributed by atoms with Crippen LogP contribution in [0, 0.1) is 0 Å². The summed E-state index contributed by atoms with van der Waals surface area (Å²) in [5, 5.41) is 16.3. The molecule has 1 aromatic heterocycles. The number of H-pyrrole nitrogens is 1. The summed E-state index contributed by atoms with van der Waals surface area (Å²) in [6, 6.07) is 6.28. The van der Waals surface area contributed by atoms with E-state index < -0.39 is 0 Å². The van der Waals surface area contributed by atoms with Crippen LogP contribution in [0.3, 0.4) is 0 Å². The van der Waals surface area contributed by atoms with Crippen molar-refractivity contribution in [2.24, 2.45) is 0 Å². The minimum Gasteiger partial charge on any atom is -0.349 e. The molecule has 3 rings (SSSR count). The van der Waals surface area contributed by atoms with Gasteiger partial charge in [0.2, 0.25) is 5.91 Å². The highest BCUT2D eigenvalue weighted by atomic mass is 79.9. The first-order valence-electron chi connectivity index (χ1n) is 6.02. The van der Waals surface area contributed by atoms with Crippen LogP contribution < -0.4 is 5.32 Å². The second-order valence-electron chi connectivity index (χ2n) is 4.51. The molecule has 0 saturated heterocycles. The molecule has 0 radical (unpaired) electrons. The van der Waals surface area contributed by atoms with Crippen LogP contribution in [-0.4, -0.2) is 26.5 Å². The van der Waals surface area contributed by atoms with Crippen molar-refractivity contribution in [1.29, 1.82) is 0 Å². The second kappa shape index (κ2) is 5.08. The summed E-state index contributed by atoms with van der Waals surface area (Å²) in [7, 11) is 0. The van der Waals surface area contributed by atoms with Crippen molar-refractivity contribution in [3.05, 3.63) is 39.6 Å². The third-order valence-electron chi connectivity index (χ3n) is 3.23. The van der Waals surface area contributed by atoms with Crippen molar-refractivity contribution in [3.63, 3.8) is 0 Å². The number of halogens is 1. The number of rotatable bonds is 3. The molecule has 0 spiro atoms. The fraction of sp³-hybridized carbons (Fsp3) is 0.333. The number of carbonyl (C=O) groups is 1. The summed E-state index contributed by atoms with van der Waals surface area (Å²) >= 11 is 3.46. The highest BCUT2D eigenvalue weighted by Crippen LogP contribution is 2.33. The predicted octanol–water partition coefficient (Wildman–Crippen LogP) is 1.31. The zero-order valence-electron chi connectivity index (χ0n) is 10.1. The monoisotopic (exact) mass is 321 g/mol. The molecule has 1 aliphatic carbocycles. The number of amides is 1. The van der Waals surface area contributed by atoms with E-state index in [4.69, 9.17) is 0 Å². The van der Waals surface area contributed by atoms with Gasteiger partial charge >= 0.3 is 0 Å². The van der Waals surface area contributed by atoms with E-state index >= 15 is 0 Å². The Morgan fingerprint density at radius 2 is 2.42 bits per heavy atom. The number of tetrazole rings is 1. The number of nitrogens with zero attached hydrogens (tertiary/aromatic N) is 3. The Morgan fingerprint density at radius 3 is 3.21 bits per heavy atom. The van der Waals surface area contributed by atoms with E-state index in [-0.39, 0.29) is 18.4 Å². The van der Waals surface area contributed by atoms with E-state index in [0.29, 0.717) is 5.82 Å². The van der Waals surface area contributed by atoms with Crippen molar-refractivity contribution < 1.29 is 4.79 Å². The first-order chi connectivity index (χ1) is 9.22. The maximum absolute atomic E-state index is 11.9. The molecule has 1 atom stereocenters. The fourth-order valence-electron chi connectivity index (χ4n) is 2.37. The van der Waals surface area contributed by atoms with Crippen LogP contribution in [0.15, 0.2) is 22.7 Å². The van der Waals surface area contributed by atoms with Gasteiger partial charge in [0.1, 0.15) is 0 Å². The molecular weight excluding hydrogens is 310 g/mol. The molecule has 0 saturated carbocycles. The summed E-state index contributed by atoms with van der Waals surface area (Å²) in [6.07, 6.45) is 2.08. The minimum atomic E-state index is -0.0841. The lowest BCUT2D eigenvalue weighted by molar-refractivity contribution is -0.121. The average Bonchev–Trinajstić information content (AvgIpc) is 3.00. The van der Waals surface area contributed by atoms with Crippen LogP contribution in [-0.2, 0) is 17.6 Å². The van der Waals surface area contributed by atoms with Gasteiger partial charge in [0.05, 0.1) is 12.5 Å². The van der Waals surface area contributed by atoms with Gasteiger partial charge in [-0.15, -0.1) is 10.2 Å². The van der Waals surface area contributed by atoms with Crippen LogP contribution >= 0.6 is 15.9 Å². The molecule has 1 aliphatic rings. The number of hydrogen-bond acceptors (Lipinski definition) is 4. The molecule has 0 bridgehead atoms. The summed E-state index contributed by atoms with van der Waals surface area (Å²) in [5.41, 5.74) is 2.49. The van der Waals surface area contributed by atoms with E-state index in [1.54, 1.807) is 0 Å². The Balaban J connectivity index is 1.69. The van der Waals surface area contributed by atoms with Crippen LogP contribution in [0.1, 0.15) is 29.4 Å². The molecule has 2 N–H and O–H groups in total. The molecule has 2 aromatic rings. The first kappa shape index (κ1) is 12.3. The van der Waals surface area contributed by atoms with Crippen molar-refractivity contribution >= 4 is 21.8 Å². The molecular formula is C12H12BrN5O. The molecule has 6 nitrogen and oxygen atoms in total. The van der Waals surface area contributed by atoms with Gasteiger partial charge in [-0.1, -0.05) is 27.2 Å². The van der Waals surface area contributed by atoms with Crippen molar-refractivity contribution in [3.8, 4) is 0 Å². The number of benzene rings is 1. The Labute approximate surface area is 118 Å². The SMILES string of the molecule is O=C(Cc1nn[nH]n1)N[C@@H]1CCc2ccc(Br)cc21. The summed E-state index contributed by atoms with van der Waals surface area (Å²) in [6.45, 7) is 0. The lowest BCUT2D eigenvalue weighted by Crippen LogP contribution is -2.28. The highest BCUT2D eigenvalue weighted by Gasteiger charge is 2.24. The lowest BCUT2D eigenvalue weighted by Gasteiger charge is -2.13. The number of carbonyl (C=O) groups excluding carboxylic acids is 1. The van der Waals surface area contributed by atoms with Gasteiger partial charge < -0.3 is 5.32 Å². The van der Waals surface area contributed by atoms with E-state index in [2.05, 4.69) is 54.0 Å². The predicted molar refractivity (Wildman–Crippen MR) is 71.2 cm³/mol. The molecule has 98 valence electrons. The zero-order valence-corrected chi connectivity index (χ0v) is 11.6. The van der Waals surface area contributed by atoms with Gasteiger partial charge in [0.25, 0.3) is 0 Å². The average molecular weight is 322 g/mol. The van der Waals surface area contributed by atoms with Gasteiger partial charge in [0, 0.05) is 4.47 Å². The molecule has 1 amide bonds. The number of nitrogens with one attached hydrogen (secondary N) is 2. The Morgan fingerprint density at radius 1 is 1.53 bits per heavy atom. The molecule has 1 aromatic carbocycles. The van der Waals surface area contributed by atoms with Crippen LogP contribution in [0.4, 0.5) is 0 Å². The maximum Gasteiger partial charge on any atom is 0.228 e. The summed E-state index contributed by atoms with van der Waals surface area (Å²) < 4.78 is 1.03. The third-order valence-corrected chi connectivity index (χ3v) is 3.72. The fourth-order valence-corrected chi connectivity index (χ4v) is 2.75. The highest BCUT2D eigenvalue weighted by molar-refractivity contribution is 9.10. The van der Waals surface area contributed by atoms with Gasteiger partial charge in [0.15, 0.2) is 5.82 Å². The lowest BCUT2D eigenvalue weighted by atomic mass is 10.1. The molecule has 0 unspecified atom stereocenters. The molecule has 7 heteroatoms. The first-order valence-corrected chi connectivity index (χ1v) is 6.81. The van der Waals surface area contributed by atoms with Crippen LogP contribution in [0.5, 0.6) is 0 Å². The van der Waals surface area contributed by atoms with E-state index in [0.717, 1.165) is 17.3 Å². The Kier molecular flexibility index (Phi) is 3.29. The smallest absolute Gasteiger partial charge is 0.228 e. The van der Waals surface area contributed by atoms with Gasteiger partial charge in [-0.3, -0.25) is 4.79 Å². The number of aryl methyl sites for hydroxylation is 1. The number of fused-ring (bicyclic) bond motifs is 1. The standard InChI is InChI=1S/C12H12BrN5O/c13-8-3-1-7-2-4-10(9(7)5-8)14-12(19)6-11-15-17-18-16-11/h1,3,5,10H,2,4,6H2,(H,14,19)(H,15,16,17,18)/t10-/m1/s1. The number of hydrogen-bond donors (Lipinski definition) is 2. The second-order valence-corrected chi connectivity index (χ2v) is 5.42. The molecule has 1 heterocycles. The quantitative estimate of drug-likeness (QED) is 0.892. The molecule has 0 aliphatic heterocycles. The third kappa shape index (κ3) is 2.65. The normalized spacial score (nSPS) is 17.2. The topological polar surface area (TPSA) is 83.6 Å². The Hall–Kier alpha value is -1.76. The zero-order chi connectivity index (χ0) is 13.2. The van der Waals surface area contributed by atoms with Gasteiger partial charge in [-0.05, 0) is 36.1 Å². The van der Waals surface area contributed by atoms with Gasteiger partial charge in [-0.25, -0.2) is 0 Å². The van der Waals surface area contributed by atoms with Crippen LogP contribution in [0.2, 0.25) is 0 Å². The largest absolute Gasteiger partial charge is 0.349 e. The summed E-state index contributed by atoms with van der Waals surface area (Å²) in [4.78, 5) is 11.9. The maximum atomic E-state index is 11.9. The number of aromatic nitrogens is 4. The molecule has 0 fully saturated rings. The van der Waals surface area contributed by atoms with Gasteiger partial charge in [-0.2, -0.15) is 5.21 Å². The Bertz CT molecular complexity index is 598. The number of aromatic amines is 1. The van der Waals surface area contributed by atoms with E-state index in [1.165, 1.54) is 11.1 Å². The van der Waals surface area contributed by atoms with Crippen molar-refractivity contribution in [2.45, 2.75) is 25.3 Å². The van der Waals surface area contributed by atoms with E-state index in [1.807, 2.05) is 6.07 Å². The van der Waals surface area contributed by atoms with Crippen LogP contribution in [0.25, 0.3) is 0 Å². The van der Waals surface area contributed by atoms with Crippen molar-refractivity contribution in [2.75, 3.05) is 0 Å².